The van der Waals surface area contributed by atoms with E-state index in [2.05, 4.69) is 6.92 Å². The third-order valence-corrected chi connectivity index (χ3v) is 6.38. The molecule has 26 heavy (non-hydrogen) atoms. The number of hydrogen-bond donors (Lipinski definition) is 0. The lowest BCUT2D eigenvalue weighted by Gasteiger charge is -2.22. The van der Waals surface area contributed by atoms with Crippen LogP contribution in [0.15, 0.2) is 11.1 Å². The highest BCUT2D eigenvalue weighted by Gasteiger charge is 2.61. The van der Waals surface area contributed by atoms with Crippen LogP contribution in [0.3, 0.4) is 0 Å². The molecule has 0 radical (unpaired) electrons. The maximum atomic E-state index is 13.5. The first-order valence-corrected chi connectivity index (χ1v) is 10.4. The zero-order valence-electron chi connectivity index (χ0n) is 15.7. The summed E-state index contributed by atoms with van der Waals surface area (Å²) < 4.78 is 46.3. The minimum atomic E-state index is -4.52. The van der Waals surface area contributed by atoms with Crippen molar-refractivity contribution in [3.63, 3.8) is 0 Å². The number of halogens is 3. The molecule has 4 atom stereocenters. The summed E-state index contributed by atoms with van der Waals surface area (Å²) in [4.78, 5) is 12.4. The van der Waals surface area contributed by atoms with Crippen LogP contribution >= 0.6 is 0 Å². The van der Waals surface area contributed by atoms with Crippen LogP contribution < -0.4 is 0 Å². The Morgan fingerprint density at radius 2 is 1.42 bits per heavy atom. The lowest BCUT2D eigenvalue weighted by molar-refractivity contribution is -0.132. The molecule has 5 heteroatoms. The third kappa shape index (κ3) is 4.02. The SMILES string of the molecule is CCCCCCCCCCCC1=C(C(F)(F)F)C(=O)[C@H]2[C@@H]1[C@@H]1CC[C@H]2O1. The number of carbonyl (C=O) groups is 1. The summed E-state index contributed by atoms with van der Waals surface area (Å²) in [5.74, 6) is -1.55. The van der Waals surface area contributed by atoms with Gasteiger partial charge in [0.25, 0.3) is 0 Å². The second kappa shape index (κ2) is 8.45. The van der Waals surface area contributed by atoms with Crippen molar-refractivity contribution in [2.75, 3.05) is 0 Å². The molecule has 0 saturated carbocycles. The molecule has 0 spiro atoms. The molecule has 0 aromatic carbocycles. The highest BCUT2D eigenvalue weighted by Crippen LogP contribution is 2.56. The van der Waals surface area contributed by atoms with Gasteiger partial charge in [-0.25, -0.2) is 0 Å². The molecule has 0 N–H and O–H groups in total. The number of alkyl halides is 3. The summed E-state index contributed by atoms with van der Waals surface area (Å²) in [7, 11) is 0. The predicted octanol–water partition coefficient (Wildman–Crippen LogP) is 6.14. The van der Waals surface area contributed by atoms with Crippen molar-refractivity contribution in [1.82, 2.24) is 0 Å². The number of fused-ring (bicyclic) bond motifs is 5. The van der Waals surface area contributed by atoms with E-state index in [-0.39, 0.29) is 18.1 Å². The van der Waals surface area contributed by atoms with E-state index < -0.39 is 23.5 Å². The zero-order chi connectivity index (χ0) is 18.7. The quantitative estimate of drug-likeness (QED) is 0.430. The highest BCUT2D eigenvalue weighted by atomic mass is 19.4. The number of ether oxygens (including phenoxy) is 1. The molecule has 2 bridgehead atoms. The van der Waals surface area contributed by atoms with Crippen LogP contribution in [0.25, 0.3) is 0 Å². The summed E-state index contributed by atoms with van der Waals surface area (Å²) in [6.45, 7) is 2.20. The largest absolute Gasteiger partial charge is 0.419 e. The maximum Gasteiger partial charge on any atom is 0.419 e. The summed E-state index contributed by atoms with van der Waals surface area (Å²) in [5.41, 5.74) is -0.463. The van der Waals surface area contributed by atoms with Crippen LogP contribution in [-0.2, 0) is 9.53 Å². The zero-order valence-corrected chi connectivity index (χ0v) is 15.7. The minimum Gasteiger partial charge on any atom is -0.374 e. The summed E-state index contributed by atoms with van der Waals surface area (Å²) in [6, 6.07) is 0. The number of rotatable bonds is 10. The van der Waals surface area contributed by atoms with Crippen molar-refractivity contribution in [3.05, 3.63) is 11.1 Å². The smallest absolute Gasteiger partial charge is 0.374 e. The van der Waals surface area contributed by atoms with E-state index >= 15 is 0 Å². The van der Waals surface area contributed by atoms with Gasteiger partial charge in [-0.05, 0) is 31.3 Å². The van der Waals surface area contributed by atoms with Crippen molar-refractivity contribution >= 4 is 5.78 Å². The van der Waals surface area contributed by atoms with Gasteiger partial charge in [-0.3, -0.25) is 4.79 Å². The molecule has 148 valence electrons. The fraction of sp³-hybridized carbons (Fsp3) is 0.857. The van der Waals surface area contributed by atoms with Gasteiger partial charge in [0.05, 0.1) is 23.7 Å². The first-order valence-electron chi connectivity index (χ1n) is 10.4. The van der Waals surface area contributed by atoms with Gasteiger partial charge in [-0.15, -0.1) is 0 Å². The molecule has 0 aromatic rings. The second-order valence-corrected chi connectivity index (χ2v) is 8.18. The van der Waals surface area contributed by atoms with Crippen molar-refractivity contribution in [2.24, 2.45) is 11.8 Å². The highest BCUT2D eigenvalue weighted by molar-refractivity contribution is 6.03. The molecule has 1 aliphatic carbocycles. The Hall–Kier alpha value is -0.840. The van der Waals surface area contributed by atoms with E-state index in [1.54, 1.807) is 0 Å². The van der Waals surface area contributed by atoms with Gasteiger partial charge < -0.3 is 4.74 Å². The molecule has 2 nitrogen and oxygen atoms in total. The Morgan fingerprint density at radius 1 is 0.885 bits per heavy atom. The van der Waals surface area contributed by atoms with E-state index in [4.69, 9.17) is 4.74 Å². The maximum absolute atomic E-state index is 13.5. The number of ketones is 1. The van der Waals surface area contributed by atoms with Crippen LogP contribution in [0.4, 0.5) is 13.2 Å². The van der Waals surface area contributed by atoms with E-state index in [1.807, 2.05) is 0 Å². The molecule has 2 saturated heterocycles. The Morgan fingerprint density at radius 3 is 2.00 bits per heavy atom. The van der Waals surface area contributed by atoms with Crippen molar-refractivity contribution in [1.29, 1.82) is 0 Å². The number of Topliss-reactive ketones (excluding diaryl/α,β-unsaturated/α-hetero) is 1. The molecule has 0 amide bonds. The fourth-order valence-electron chi connectivity index (χ4n) is 5.18. The van der Waals surface area contributed by atoms with Gasteiger partial charge >= 0.3 is 6.18 Å². The van der Waals surface area contributed by atoms with Crippen LogP contribution in [0.1, 0.15) is 84.0 Å². The Balaban J connectivity index is 1.51. The number of unbranched alkanes of at least 4 members (excludes halogenated alkanes) is 8. The van der Waals surface area contributed by atoms with Gasteiger partial charge in [0.2, 0.25) is 0 Å². The standard InChI is InChI=1S/C21H31F3O2/c1-2-3-4-5-6-7-8-9-10-11-14-17-15-12-13-16(26-15)18(17)20(25)19(14)21(22,23)24/h15-18H,2-13H2,1H3/t15-,16+,17-,18+/m0/s1. The summed E-state index contributed by atoms with van der Waals surface area (Å²) in [6.07, 6.45) is 7.19. The van der Waals surface area contributed by atoms with E-state index in [0.29, 0.717) is 12.0 Å². The Kier molecular flexibility index (Phi) is 6.47. The second-order valence-electron chi connectivity index (χ2n) is 8.18. The minimum absolute atomic E-state index is 0.164. The molecule has 2 aliphatic heterocycles. The molecule has 3 aliphatic rings. The normalized spacial score (nSPS) is 30.5. The molecule has 2 heterocycles. The molecular weight excluding hydrogens is 341 g/mol. The van der Waals surface area contributed by atoms with Gasteiger partial charge in [0.1, 0.15) is 0 Å². The van der Waals surface area contributed by atoms with E-state index in [9.17, 15) is 18.0 Å². The summed E-state index contributed by atoms with van der Waals surface area (Å²) in [5, 5.41) is 0. The number of allylic oxidation sites excluding steroid dienone is 1. The third-order valence-electron chi connectivity index (χ3n) is 6.38. The molecule has 2 fully saturated rings. The Labute approximate surface area is 154 Å². The first-order chi connectivity index (χ1) is 12.4. The lowest BCUT2D eigenvalue weighted by atomic mass is 9.77. The van der Waals surface area contributed by atoms with Crippen molar-refractivity contribution in [3.8, 4) is 0 Å². The van der Waals surface area contributed by atoms with E-state index in [1.165, 1.54) is 32.1 Å². The van der Waals surface area contributed by atoms with Crippen LogP contribution in [-0.4, -0.2) is 24.2 Å². The monoisotopic (exact) mass is 372 g/mol. The Bertz CT molecular complexity index is 538. The van der Waals surface area contributed by atoms with Gasteiger partial charge in [0.15, 0.2) is 5.78 Å². The van der Waals surface area contributed by atoms with Gasteiger partial charge in [0, 0.05) is 5.92 Å². The summed E-state index contributed by atoms with van der Waals surface area (Å²) >= 11 is 0. The molecule has 3 rings (SSSR count). The first kappa shape index (κ1) is 19.9. The van der Waals surface area contributed by atoms with E-state index in [0.717, 1.165) is 38.5 Å². The van der Waals surface area contributed by atoms with Gasteiger partial charge in [-0.2, -0.15) is 13.2 Å². The number of hydrogen-bond acceptors (Lipinski definition) is 2. The molecule has 0 unspecified atom stereocenters. The predicted molar refractivity (Wildman–Crippen MR) is 94.8 cm³/mol. The lowest BCUT2D eigenvalue weighted by Crippen LogP contribution is -2.30. The van der Waals surface area contributed by atoms with Crippen molar-refractivity contribution in [2.45, 2.75) is 102 Å². The average Bonchev–Trinajstić information content (AvgIpc) is 3.25. The van der Waals surface area contributed by atoms with Crippen LogP contribution in [0.2, 0.25) is 0 Å². The van der Waals surface area contributed by atoms with Crippen molar-refractivity contribution < 1.29 is 22.7 Å². The molecular formula is C21H31F3O2. The van der Waals surface area contributed by atoms with Crippen LogP contribution in [0, 0.1) is 11.8 Å². The topological polar surface area (TPSA) is 26.3 Å². The fourth-order valence-corrected chi connectivity index (χ4v) is 5.18. The van der Waals surface area contributed by atoms with Gasteiger partial charge in [-0.1, -0.05) is 58.3 Å². The number of carbonyl (C=O) groups excluding carboxylic acids is 1. The van der Waals surface area contributed by atoms with Crippen LogP contribution in [0.5, 0.6) is 0 Å². The average molecular weight is 372 g/mol. The molecule has 0 aromatic heterocycles.